The third-order valence-electron chi connectivity index (χ3n) is 5.39. The third-order valence-corrected chi connectivity index (χ3v) is 6.69. The second-order valence-electron chi connectivity index (χ2n) is 7.38. The van der Waals surface area contributed by atoms with Gasteiger partial charge in [-0.1, -0.05) is 30.3 Å². The van der Waals surface area contributed by atoms with E-state index in [4.69, 9.17) is 0 Å². The molecule has 2 unspecified atom stereocenters. The summed E-state index contributed by atoms with van der Waals surface area (Å²) in [6.07, 6.45) is -2.35. The Balaban J connectivity index is 1.68. The molecule has 1 saturated heterocycles. The Hall–Kier alpha value is -1.61. The summed E-state index contributed by atoms with van der Waals surface area (Å²) in [6.45, 7) is 0.582. The number of sulfonamides is 1. The van der Waals surface area contributed by atoms with Crippen molar-refractivity contribution in [2.75, 3.05) is 25.9 Å². The third kappa shape index (κ3) is 4.82. The minimum atomic E-state index is -4.91. The van der Waals surface area contributed by atoms with Crippen molar-refractivity contribution in [1.82, 2.24) is 9.21 Å². The van der Waals surface area contributed by atoms with Crippen LogP contribution >= 0.6 is 0 Å². The molecule has 3 rings (SSSR count). The lowest BCUT2D eigenvalue weighted by Gasteiger charge is -2.34. The van der Waals surface area contributed by atoms with Crippen LogP contribution in [-0.4, -0.2) is 61.6 Å². The second kappa shape index (κ2) is 7.43. The standard InChI is InChI=1S/C18H23F3N2O3S/c1-27(25,26)22-9-7-13(8-10-22)12-23(17(24)18(19,20)21)16-11-15(16)14-5-3-2-4-6-14/h2-6,13,15-16H,7-12H2,1H3. The maximum absolute atomic E-state index is 13.1. The van der Waals surface area contributed by atoms with Gasteiger partial charge in [0.1, 0.15) is 0 Å². The molecule has 0 spiro atoms. The van der Waals surface area contributed by atoms with Crippen molar-refractivity contribution in [3.05, 3.63) is 35.9 Å². The molecule has 1 aliphatic heterocycles. The fraction of sp³-hybridized carbons (Fsp3) is 0.611. The average Bonchev–Trinajstić information content (AvgIpc) is 3.39. The monoisotopic (exact) mass is 404 g/mol. The van der Waals surface area contributed by atoms with Crippen LogP contribution in [0.25, 0.3) is 0 Å². The Morgan fingerprint density at radius 2 is 1.78 bits per heavy atom. The Morgan fingerprint density at radius 3 is 2.30 bits per heavy atom. The van der Waals surface area contributed by atoms with Crippen LogP contribution in [0, 0.1) is 5.92 Å². The van der Waals surface area contributed by atoms with Crippen molar-refractivity contribution in [3.8, 4) is 0 Å². The van der Waals surface area contributed by atoms with E-state index in [-0.39, 0.29) is 31.5 Å². The number of benzene rings is 1. The van der Waals surface area contributed by atoms with Crippen LogP contribution in [0.5, 0.6) is 0 Å². The average molecular weight is 404 g/mol. The van der Waals surface area contributed by atoms with Gasteiger partial charge in [-0.3, -0.25) is 4.79 Å². The van der Waals surface area contributed by atoms with Gasteiger partial charge in [0.2, 0.25) is 10.0 Å². The first-order valence-electron chi connectivity index (χ1n) is 8.95. The van der Waals surface area contributed by atoms with Crippen molar-refractivity contribution in [3.63, 3.8) is 0 Å². The molecule has 0 N–H and O–H groups in total. The molecule has 0 bridgehead atoms. The molecule has 1 aromatic carbocycles. The highest BCUT2D eigenvalue weighted by Gasteiger charge is 2.52. The highest BCUT2D eigenvalue weighted by Crippen LogP contribution is 2.46. The quantitative estimate of drug-likeness (QED) is 0.758. The van der Waals surface area contributed by atoms with Crippen molar-refractivity contribution in [2.45, 2.75) is 37.4 Å². The number of amides is 1. The van der Waals surface area contributed by atoms with Gasteiger partial charge in [-0.15, -0.1) is 0 Å². The Kier molecular flexibility index (Phi) is 5.54. The topological polar surface area (TPSA) is 57.7 Å². The minimum absolute atomic E-state index is 0.0178. The van der Waals surface area contributed by atoms with Crippen LogP contribution in [-0.2, 0) is 14.8 Å². The lowest BCUT2D eigenvalue weighted by Crippen LogP contribution is -2.47. The SMILES string of the molecule is CS(=O)(=O)N1CCC(CN(C(=O)C(F)(F)F)C2CC2c2ccccc2)CC1. The van der Waals surface area contributed by atoms with Gasteiger partial charge in [0, 0.05) is 31.6 Å². The summed E-state index contributed by atoms with van der Waals surface area (Å²) in [5, 5.41) is 0. The molecule has 2 aliphatic rings. The Bertz CT molecular complexity index is 775. The lowest BCUT2D eigenvalue weighted by molar-refractivity contribution is -0.187. The first kappa shape index (κ1) is 20.1. The van der Waals surface area contributed by atoms with Crippen molar-refractivity contribution < 1.29 is 26.4 Å². The van der Waals surface area contributed by atoms with E-state index in [1.54, 1.807) is 0 Å². The lowest BCUT2D eigenvalue weighted by atomic mass is 9.97. The van der Waals surface area contributed by atoms with Gasteiger partial charge in [0.05, 0.1) is 6.26 Å². The number of piperidine rings is 1. The molecule has 150 valence electrons. The van der Waals surface area contributed by atoms with Crippen molar-refractivity contribution in [2.24, 2.45) is 5.92 Å². The fourth-order valence-corrected chi connectivity index (χ4v) is 4.69. The van der Waals surface area contributed by atoms with Crippen LogP contribution < -0.4 is 0 Å². The molecule has 1 heterocycles. The van der Waals surface area contributed by atoms with E-state index in [0.29, 0.717) is 19.3 Å². The van der Waals surface area contributed by atoms with E-state index >= 15 is 0 Å². The van der Waals surface area contributed by atoms with E-state index < -0.39 is 28.1 Å². The van der Waals surface area contributed by atoms with Crippen LogP contribution in [0.15, 0.2) is 30.3 Å². The van der Waals surface area contributed by atoms with Gasteiger partial charge < -0.3 is 4.90 Å². The smallest absolute Gasteiger partial charge is 0.331 e. The largest absolute Gasteiger partial charge is 0.471 e. The summed E-state index contributed by atoms with van der Waals surface area (Å²) in [5.41, 5.74) is 0.939. The molecule has 2 atom stereocenters. The van der Waals surface area contributed by atoms with Crippen molar-refractivity contribution >= 4 is 15.9 Å². The number of halogens is 3. The van der Waals surface area contributed by atoms with E-state index in [2.05, 4.69) is 0 Å². The highest BCUT2D eigenvalue weighted by molar-refractivity contribution is 7.88. The molecule has 1 aromatic rings. The summed E-state index contributed by atoms with van der Waals surface area (Å²) in [6, 6.07) is 8.80. The Morgan fingerprint density at radius 1 is 1.19 bits per heavy atom. The fourth-order valence-electron chi connectivity index (χ4n) is 3.82. The number of alkyl halides is 3. The first-order valence-corrected chi connectivity index (χ1v) is 10.8. The predicted octanol–water partition coefficient (Wildman–Crippen LogP) is 2.61. The molecule has 27 heavy (non-hydrogen) atoms. The molecule has 1 aliphatic carbocycles. The number of rotatable bonds is 5. The summed E-state index contributed by atoms with van der Waals surface area (Å²) in [5.74, 6) is -2.00. The maximum Gasteiger partial charge on any atom is 0.471 e. The van der Waals surface area contributed by atoms with Crippen LogP contribution in [0.4, 0.5) is 13.2 Å². The highest BCUT2D eigenvalue weighted by atomic mass is 32.2. The van der Waals surface area contributed by atoms with Gasteiger partial charge in [-0.25, -0.2) is 12.7 Å². The molecular formula is C18H23F3N2O3S. The number of nitrogens with zero attached hydrogens (tertiary/aromatic N) is 2. The molecule has 0 aromatic heterocycles. The van der Waals surface area contributed by atoms with Gasteiger partial charge in [0.15, 0.2) is 0 Å². The summed E-state index contributed by atoms with van der Waals surface area (Å²) in [7, 11) is -3.29. The maximum atomic E-state index is 13.1. The number of carbonyl (C=O) groups is 1. The van der Waals surface area contributed by atoms with Gasteiger partial charge >= 0.3 is 12.1 Å². The summed E-state index contributed by atoms with van der Waals surface area (Å²) < 4.78 is 63.8. The predicted molar refractivity (Wildman–Crippen MR) is 94.5 cm³/mol. The van der Waals surface area contributed by atoms with Crippen LogP contribution in [0.3, 0.4) is 0 Å². The minimum Gasteiger partial charge on any atom is -0.331 e. The molecular weight excluding hydrogens is 381 g/mol. The van der Waals surface area contributed by atoms with E-state index in [0.717, 1.165) is 16.7 Å². The molecule has 5 nitrogen and oxygen atoms in total. The van der Waals surface area contributed by atoms with Crippen LogP contribution in [0.1, 0.15) is 30.7 Å². The molecule has 1 saturated carbocycles. The molecule has 9 heteroatoms. The van der Waals surface area contributed by atoms with Crippen LogP contribution in [0.2, 0.25) is 0 Å². The van der Waals surface area contributed by atoms with Gasteiger partial charge in [0.25, 0.3) is 0 Å². The molecule has 0 radical (unpaired) electrons. The first-order chi connectivity index (χ1) is 12.6. The molecule has 2 fully saturated rings. The zero-order valence-corrected chi connectivity index (χ0v) is 15.8. The van der Waals surface area contributed by atoms with E-state index in [9.17, 15) is 26.4 Å². The number of carbonyl (C=O) groups excluding carboxylic acids is 1. The normalized spacial score (nSPS) is 24.6. The zero-order valence-electron chi connectivity index (χ0n) is 15.0. The summed E-state index contributed by atoms with van der Waals surface area (Å²) >= 11 is 0. The summed E-state index contributed by atoms with van der Waals surface area (Å²) in [4.78, 5) is 13.0. The van der Waals surface area contributed by atoms with Gasteiger partial charge in [-0.2, -0.15) is 13.2 Å². The molecule has 1 amide bonds. The van der Waals surface area contributed by atoms with Gasteiger partial charge in [-0.05, 0) is 30.7 Å². The van der Waals surface area contributed by atoms with Crippen molar-refractivity contribution in [1.29, 1.82) is 0 Å². The Labute approximate surface area is 157 Å². The second-order valence-corrected chi connectivity index (χ2v) is 9.36. The number of hydrogen-bond donors (Lipinski definition) is 0. The zero-order chi connectivity index (χ0) is 19.8. The van der Waals surface area contributed by atoms with E-state index in [1.165, 1.54) is 4.31 Å². The van der Waals surface area contributed by atoms with E-state index in [1.807, 2.05) is 30.3 Å². The number of hydrogen-bond acceptors (Lipinski definition) is 3.